The molecule has 0 unspecified atom stereocenters. The van der Waals surface area contributed by atoms with Crippen LogP contribution in [-0.4, -0.2) is 5.78 Å². The van der Waals surface area contributed by atoms with Crippen molar-refractivity contribution in [2.24, 2.45) is 0 Å². The van der Waals surface area contributed by atoms with E-state index in [2.05, 4.69) is 65.0 Å². The molecule has 1 aromatic heterocycles. The lowest BCUT2D eigenvalue weighted by molar-refractivity contribution is 0.101. The number of ketones is 1. The Morgan fingerprint density at radius 2 is 1.58 bits per heavy atom. The molecule has 0 aliphatic heterocycles. The molecular formula is C24H38OS. The zero-order chi connectivity index (χ0) is 20.5. The third-order valence-corrected chi connectivity index (χ3v) is 4.34. The van der Waals surface area contributed by atoms with Crippen LogP contribution in [0.15, 0.2) is 47.4 Å². The van der Waals surface area contributed by atoms with Crippen LogP contribution in [0.3, 0.4) is 0 Å². The third kappa shape index (κ3) is 12.7. The molecule has 0 saturated heterocycles. The van der Waals surface area contributed by atoms with Crippen molar-refractivity contribution in [2.75, 3.05) is 0 Å². The molecule has 0 N–H and O–H groups in total. The Balaban J connectivity index is 0. The molecular weight excluding hydrogens is 336 g/mol. The van der Waals surface area contributed by atoms with Crippen LogP contribution in [-0.2, 0) is 6.42 Å². The Kier molecular flexibility index (Phi) is 17.1. The van der Waals surface area contributed by atoms with Gasteiger partial charge >= 0.3 is 0 Å². The number of hydrogen-bond acceptors (Lipinski definition) is 2. The number of hydrogen-bond donors (Lipinski definition) is 0. The second kappa shape index (κ2) is 16.8. The number of aryl methyl sites for hydroxylation is 3. The van der Waals surface area contributed by atoms with Gasteiger partial charge in [0.1, 0.15) is 0 Å². The Labute approximate surface area is 166 Å². The van der Waals surface area contributed by atoms with Gasteiger partial charge in [0.15, 0.2) is 5.78 Å². The highest BCUT2D eigenvalue weighted by atomic mass is 32.1. The van der Waals surface area contributed by atoms with Crippen molar-refractivity contribution in [3.63, 3.8) is 0 Å². The highest BCUT2D eigenvalue weighted by Crippen LogP contribution is 2.14. The molecule has 26 heavy (non-hydrogen) atoms. The first kappa shape index (κ1) is 26.6. The highest BCUT2D eigenvalue weighted by Gasteiger charge is 2.02. The molecule has 0 saturated carbocycles. The van der Waals surface area contributed by atoms with Crippen LogP contribution < -0.4 is 0 Å². The van der Waals surface area contributed by atoms with Crippen LogP contribution in [0.5, 0.6) is 0 Å². The molecule has 1 heterocycles. The molecule has 0 spiro atoms. The minimum absolute atomic E-state index is 0.161. The van der Waals surface area contributed by atoms with Gasteiger partial charge in [-0.1, -0.05) is 63.6 Å². The first-order valence-electron chi connectivity index (χ1n) is 9.56. The van der Waals surface area contributed by atoms with Gasteiger partial charge in [-0.2, -0.15) is 0 Å². The Morgan fingerprint density at radius 3 is 1.81 bits per heavy atom. The first-order valence-corrected chi connectivity index (χ1v) is 10.4. The number of rotatable bonds is 3. The Hall–Kier alpha value is -1.67. The van der Waals surface area contributed by atoms with Gasteiger partial charge in [0.2, 0.25) is 0 Å². The van der Waals surface area contributed by atoms with Crippen molar-refractivity contribution in [1.82, 2.24) is 0 Å². The molecule has 0 aliphatic carbocycles. The van der Waals surface area contributed by atoms with Gasteiger partial charge in [-0.05, 0) is 70.0 Å². The van der Waals surface area contributed by atoms with Gasteiger partial charge in [-0.15, -0.1) is 11.3 Å². The van der Waals surface area contributed by atoms with Crippen LogP contribution in [0, 0.1) is 13.8 Å². The molecule has 0 bridgehead atoms. The fraction of sp³-hybridized carbons (Fsp3) is 0.458. The second-order valence-corrected chi connectivity index (χ2v) is 7.04. The van der Waals surface area contributed by atoms with Crippen molar-refractivity contribution < 1.29 is 4.79 Å². The first-order chi connectivity index (χ1) is 12.3. The lowest BCUT2D eigenvalue weighted by Crippen LogP contribution is -1.89. The molecule has 0 radical (unpaired) electrons. The van der Waals surface area contributed by atoms with E-state index in [1.165, 1.54) is 23.1 Å². The molecule has 2 rings (SSSR count). The van der Waals surface area contributed by atoms with E-state index in [-0.39, 0.29) is 5.78 Å². The smallest absolute Gasteiger partial charge is 0.160 e. The Morgan fingerprint density at radius 1 is 1.00 bits per heavy atom. The zero-order valence-electron chi connectivity index (χ0n) is 18.3. The van der Waals surface area contributed by atoms with Crippen LogP contribution >= 0.6 is 11.3 Å². The average Bonchev–Trinajstić information content (AvgIpc) is 3.04. The number of benzene rings is 1. The van der Waals surface area contributed by atoms with Crippen LogP contribution in [0.1, 0.15) is 81.2 Å². The third-order valence-electron chi connectivity index (χ3n) is 3.49. The van der Waals surface area contributed by atoms with Crippen molar-refractivity contribution >= 4 is 17.1 Å². The summed E-state index contributed by atoms with van der Waals surface area (Å²) < 4.78 is 0. The molecule has 146 valence electrons. The van der Waals surface area contributed by atoms with E-state index >= 15 is 0 Å². The SMILES string of the molecule is CC.CC(=O)c1ccsc1C.CCC=C(C)C.CCc1ccccc1C. The van der Waals surface area contributed by atoms with Gasteiger partial charge < -0.3 is 0 Å². The fourth-order valence-corrected chi connectivity index (χ4v) is 2.91. The molecule has 0 amide bonds. The van der Waals surface area contributed by atoms with Gasteiger partial charge in [0.05, 0.1) is 0 Å². The predicted molar refractivity (Wildman–Crippen MR) is 121 cm³/mol. The molecule has 0 fully saturated rings. The van der Waals surface area contributed by atoms with E-state index in [1.54, 1.807) is 18.3 Å². The summed E-state index contributed by atoms with van der Waals surface area (Å²) in [7, 11) is 0. The molecule has 0 aliphatic rings. The summed E-state index contributed by atoms with van der Waals surface area (Å²) in [6, 6.07) is 10.4. The number of allylic oxidation sites excluding steroid dienone is 2. The highest BCUT2D eigenvalue weighted by molar-refractivity contribution is 7.10. The van der Waals surface area contributed by atoms with Crippen molar-refractivity contribution in [3.05, 3.63) is 68.9 Å². The molecule has 2 heteroatoms. The van der Waals surface area contributed by atoms with E-state index in [4.69, 9.17) is 0 Å². The summed E-state index contributed by atoms with van der Waals surface area (Å²) in [6.45, 7) is 18.3. The lowest BCUT2D eigenvalue weighted by atomic mass is 10.1. The summed E-state index contributed by atoms with van der Waals surface area (Å²) in [6.07, 6.45) is 4.52. The van der Waals surface area contributed by atoms with E-state index in [1.807, 2.05) is 32.2 Å². The number of thiophene rings is 1. The summed E-state index contributed by atoms with van der Waals surface area (Å²) in [5.41, 5.74) is 5.13. The van der Waals surface area contributed by atoms with Gasteiger partial charge in [0, 0.05) is 10.4 Å². The maximum Gasteiger partial charge on any atom is 0.160 e. The Bertz CT molecular complexity index is 631. The normalized spacial score (nSPS) is 8.65. The maximum atomic E-state index is 10.7. The summed E-state index contributed by atoms with van der Waals surface area (Å²) in [4.78, 5) is 11.8. The minimum Gasteiger partial charge on any atom is -0.294 e. The number of carbonyl (C=O) groups excluding carboxylic acids is 1. The monoisotopic (exact) mass is 374 g/mol. The number of carbonyl (C=O) groups is 1. The topological polar surface area (TPSA) is 17.1 Å². The van der Waals surface area contributed by atoms with E-state index < -0.39 is 0 Å². The predicted octanol–water partition coefficient (Wildman–Crippen LogP) is 8.21. The van der Waals surface area contributed by atoms with Gasteiger partial charge in [-0.3, -0.25) is 4.79 Å². The van der Waals surface area contributed by atoms with Crippen LogP contribution in [0.4, 0.5) is 0 Å². The maximum absolute atomic E-state index is 10.7. The molecule has 1 aromatic carbocycles. The fourth-order valence-electron chi connectivity index (χ4n) is 2.17. The quantitative estimate of drug-likeness (QED) is 0.391. The standard InChI is InChI=1S/C9H12.C7H8OS.C6H12.C2H6/c1-3-9-7-5-4-6-8(9)2;1-5(8)7-3-4-9-6(7)2;1-4-5-6(2)3;1-2/h4-7H,3H2,1-2H3;3-4H,1-2H3;5H,4H2,1-3H3;1-2H3. The van der Waals surface area contributed by atoms with Crippen LogP contribution in [0.2, 0.25) is 0 Å². The van der Waals surface area contributed by atoms with E-state index in [9.17, 15) is 4.79 Å². The lowest BCUT2D eigenvalue weighted by Gasteiger charge is -1.98. The van der Waals surface area contributed by atoms with Gasteiger partial charge in [-0.25, -0.2) is 0 Å². The second-order valence-electron chi connectivity index (χ2n) is 5.92. The zero-order valence-corrected chi connectivity index (χ0v) is 19.1. The van der Waals surface area contributed by atoms with Crippen molar-refractivity contribution in [2.45, 2.75) is 75.2 Å². The van der Waals surface area contributed by atoms with Crippen LogP contribution in [0.25, 0.3) is 0 Å². The van der Waals surface area contributed by atoms with E-state index in [0.717, 1.165) is 16.9 Å². The van der Waals surface area contributed by atoms with E-state index in [0.29, 0.717) is 0 Å². The average molecular weight is 375 g/mol. The summed E-state index contributed by atoms with van der Waals surface area (Å²) in [5, 5.41) is 1.94. The largest absolute Gasteiger partial charge is 0.294 e. The van der Waals surface area contributed by atoms with Crippen molar-refractivity contribution in [3.8, 4) is 0 Å². The minimum atomic E-state index is 0.161. The van der Waals surface area contributed by atoms with Crippen molar-refractivity contribution in [1.29, 1.82) is 0 Å². The summed E-state index contributed by atoms with van der Waals surface area (Å²) in [5.74, 6) is 0.161. The molecule has 1 nitrogen and oxygen atoms in total. The summed E-state index contributed by atoms with van der Waals surface area (Å²) >= 11 is 1.61. The molecule has 0 atom stereocenters. The number of Topliss-reactive ketones (excluding diaryl/α,β-unsaturated/α-hetero) is 1. The van der Waals surface area contributed by atoms with Gasteiger partial charge in [0.25, 0.3) is 0 Å². The molecule has 2 aromatic rings.